The number of aromatic nitrogens is 2. The average Bonchev–Trinajstić information content (AvgIpc) is 3.11. The Morgan fingerprint density at radius 1 is 0.857 bits per heavy atom. The van der Waals surface area contributed by atoms with Gasteiger partial charge in [-0.2, -0.15) is 0 Å². The molecule has 0 radical (unpaired) electrons. The number of para-hydroxylation sites is 1. The van der Waals surface area contributed by atoms with Crippen molar-refractivity contribution in [1.29, 1.82) is 0 Å². The van der Waals surface area contributed by atoms with Crippen LogP contribution in [-0.2, 0) is 0 Å². The van der Waals surface area contributed by atoms with Crippen molar-refractivity contribution in [1.82, 2.24) is 9.97 Å². The van der Waals surface area contributed by atoms with Gasteiger partial charge in [0, 0.05) is 36.2 Å². The van der Waals surface area contributed by atoms with Crippen molar-refractivity contribution in [3.63, 3.8) is 0 Å². The maximum Gasteiger partial charge on any atom is 0.185 e. The van der Waals surface area contributed by atoms with E-state index in [-0.39, 0.29) is 0 Å². The number of anilines is 1. The van der Waals surface area contributed by atoms with E-state index in [2.05, 4.69) is 27.0 Å². The first-order valence-corrected chi connectivity index (χ1v) is 8.26. The van der Waals surface area contributed by atoms with Gasteiger partial charge in [0.05, 0.1) is 5.52 Å². The number of piperidine rings is 1. The van der Waals surface area contributed by atoms with Gasteiger partial charge in [0.2, 0.25) is 0 Å². The molecule has 4 rings (SSSR count). The Bertz CT molecular complexity index is 595. The van der Waals surface area contributed by atoms with Crippen LogP contribution in [0.3, 0.4) is 0 Å². The normalized spacial score (nSPS) is 14.6. The van der Waals surface area contributed by atoms with Crippen LogP contribution in [-0.4, -0.2) is 23.1 Å². The number of pyridine rings is 1. The Hall–Kier alpha value is -1.94. The lowest BCUT2D eigenvalue weighted by Crippen LogP contribution is -2.29. The van der Waals surface area contributed by atoms with Crippen LogP contribution in [0.15, 0.2) is 54.2 Å². The van der Waals surface area contributed by atoms with Crippen LogP contribution in [0.25, 0.3) is 10.9 Å². The van der Waals surface area contributed by atoms with Gasteiger partial charge < -0.3 is 4.90 Å². The summed E-state index contributed by atoms with van der Waals surface area (Å²) in [4.78, 5) is 10.8. The van der Waals surface area contributed by atoms with E-state index < -0.39 is 0 Å². The summed E-state index contributed by atoms with van der Waals surface area (Å²) in [6, 6.07) is 12.1. The van der Waals surface area contributed by atoms with Crippen LogP contribution in [0.2, 0.25) is 0 Å². The molecule has 0 bridgehead atoms. The number of fused-ring (bicyclic) bond motifs is 1. The largest absolute Gasteiger partial charge is 0.348 e. The molecule has 2 aromatic heterocycles. The van der Waals surface area contributed by atoms with Crippen LogP contribution in [0.5, 0.6) is 0 Å². The molecule has 1 saturated heterocycles. The maximum absolute atomic E-state index is 4.28. The molecule has 0 atom stereocenters. The number of thiazole rings is 1. The Kier molecular flexibility index (Phi) is 4.79. The summed E-state index contributed by atoms with van der Waals surface area (Å²) in [6.07, 6.45) is 7.75. The molecule has 1 fully saturated rings. The molecule has 108 valence electrons. The average molecular weight is 297 g/mol. The monoisotopic (exact) mass is 297 g/mol. The fourth-order valence-corrected chi connectivity index (χ4v) is 3.17. The zero-order valence-corrected chi connectivity index (χ0v) is 12.8. The predicted octanol–water partition coefficient (Wildman–Crippen LogP) is 4.37. The van der Waals surface area contributed by atoms with E-state index in [0.29, 0.717) is 0 Å². The standard InChI is InChI=1S/C9H7N.C8H12N2S/c1-2-6-9-8(4-1)5-3-7-10-9;1-2-5-10(6-3-1)8-9-4-7-11-8/h1-7H;4,7H,1-3,5-6H2. The summed E-state index contributed by atoms with van der Waals surface area (Å²) in [5, 5.41) is 4.44. The van der Waals surface area contributed by atoms with Crippen LogP contribution >= 0.6 is 11.3 Å². The number of rotatable bonds is 1. The Morgan fingerprint density at radius 2 is 1.67 bits per heavy atom. The SMILES string of the molecule is c1ccc2ncccc2c1.c1csc(N2CCCCC2)n1. The minimum absolute atomic E-state index is 1.06. The van der Waals surface area contributed by atoms with E-state index in [1.165, 1.54) is 42.9 Å². The van der Waals surface area contributed by atoms with E-state index in [1.807, 2.05) is 42.0 Å². The highest BCUT2D eigenvalue weighted by molar-refractivity contribution is 7.13. The molecule has 1 aliphatic heterocycles. The Balaban J connectivity index is 0.000000126. The summed E-state index contributed by atoms with van der Waals surface area (Å²) < 4.78 is 0. The molecule has 0 N–H and O–H groups in total. The molecule has 0 saturated carbocycles. The lowest BCUT2D eigenvalue weighted by atomic mass is 10.1. The number of nitrogens with zero attached hydrogens (tertiary/aromatic N) is 3. The molecule has 4 heteroatoms. The Morgan fingerprint density at radius 3 is 2.43 bits per heavy atom. The molecule has 3 aromatic rings. The molecule has 3 heterocycles. The number of benzene rings is 1. The minimum atomic E-state index is 1.06. The van der Waals surface area contributed by atoms with Crippen molar-refractivity contribution in [3.05, 3.63) is 54.2 Å². The van der Waals surface area contributed by atoms with Gasteiger partial charge >= 0.3 is 0 Å². The zero-order chi connectivity index (χ0) is 14.3. The molecule has 1 aliphatic rings. The van der Waals surface area contributed by atoms with Gasteiger partial charge in [-0.05, 0) is 31.4 Å². The lowest BCUT2D eigenvalue weighted by molar-refractivity contribution is 0.577. The number of hydrogen-bond donors (Lipinski definition) is 0. The first-order valence-electron chi connectivity index (χ1n) is 7.38. The van der Waals surface area contributed by atoms with Crippen molar-refractivity contribution in [2.45, 2.75) is 19.3 Å². The van der Waals surface area contributed by atoms with Crippen molar-refractivity contribution in [2.75, 3.05) is 18.0 Å². The maximum atomic E-state index is 4.28. The van der Waals surface area contributed by atoms with Crippen LogP contribution < -0.4 is 4.90 Å². The van der Waals surface area contributed by atoms with Gasteiger partial charge in [-0.1, -0.05) is 24.3 Å². The summed E-state index contributed by atoms with van der Waals surface area (Å²) >= 11 is 1.74. The second-order valence-electron chi connectivity index (χ2n) is 5.06. The second-order valence-corrected chi connectivity index (χ2v) is 5.93. The number of hydrogen-bond acceptors (Lipinski definition) is 4. The lowest BCUT2D eigenvalue weighted by Gasteiger charge is -2.25. The summed E-state index contributed by atoms with van der Waals surface area (Å²) in [5.74, 6) is 0. The summed E-state index contributed by atoms with van der Waals surface area (Å²) in [7, 11) is 0. The molecule has 0 unspecified atom stereocenters. The van der Waals surface area contributed by atoms with Gasteiger partial charge in [0.25, 0.3) is 0 Å². The molecule has 0 spiro atoms. The van der Waals surface area contributed by atoms with Gasteiger partial charge in [-0.3, -0.25) is 4.98 Å². The van der Waals surface area contributed by atoms with E-state index in [0.717, 1.165) is 5.52 Å². The van der Waals surface area contributed by atoms with Crippen LogP contribution in [0, 0.1) is 0 Å². The quantitative estimate of drug-likeness (QED) is 0.668. The van der Waals surface area contributed by atoms with E-state index in [9.17, 15) is 0 Å². The van der Waals surface area contributed by atoms with Gasteiger partial charge in [-0.15, -0.1) is 11.3 Å². The molecule has 0 amide bonds. The Labute approximate surface area is 129 Å². The van der Waals surface area contributed by atoms with Crippen LogP contribution in [0.1, 0.15) is 19.3 Å². The second kappa shape index (κ2) is 7.18. The van der Waals surface area contributed by atoms with Gasteiger partial charge in [0.15, 0.2) is 5.13 Å². The molecule has 21 heavy (non-hydrogen) atoms. The third kappa shape index (κ3) is 3.79. The predicted molar refractivity (Wildman–Crippen MR) is 89.9 cm³/mol. The highest BCUT2D eigenvalue weighted by Crippen LogP contribution is 2.21. The molecular weight excluding hydrogens is 278 g/mol. The molecule has 0 aliphatic carbocycles. The van der Waals surface area contributed by atoms with Crippen molar-refractivity contribution < 1.29 is 0 Å². The van der Waals surface area contributed by atoms with Gasteiger partial charge in [-0.25, -0.2) is 4.98 Å². The van der Waals surface area contributed by atoms with Crippen LogP contribution in [0.4, 0.5) is 5.13 Å². The fraction of sp³-hybridized carbons (Fsp3) is 0.294. The van der Waals surface area contributed by atoms with Crippen molar-refractivity contribution >= 4 is 27.4 Å². The zero-order valence-electron chi connectivity index (χ0n) is 12.0. The smallest absolute Gasteiger partial charge is 0.185 e. The first kappa shape index (κ1) is 14.0. The highest BCUT2D eigenvalue weighted by atomic mass is 32.1. The summed E-state index contributed by atoms with van der Waals surface area (Å²) in [5.41, 5.74) is 1.06. The van der Waals surface area contributed by atoms with E-state index in [1.54, 1.807) is 11.3 Å². The third-order valence-electron chi connectivity index (χ3n) is 3.56. The molecular formula is C17H19N3S. The highest BCUT2D eigenvalue weighted by Gasteiger charge is 2.11. The van der Waals surface area contributed by atoms with E-state index in [4.69, 9.17) is 0 Å². The third-order valence-corrected chi connectivity index (χ3v) is 4.39. The van der Waals surface area contributed by atoms with Gasteiger partial charge in [0.1, 0.15) is 0 Å². The first-order chi connectivity index (χ1) is 10.4. The van der Waals surface area contributed by atoms with Crippen molar-refractivity contribution in [3.8, 4) is 0 Å². The topological polar surface area (TPSA) is 29.0 Å². The fourth-order valence-electron chi connectivity index (χ4n) is 2.47. The van der Waals surface area contributed by atoms with E-state index >= 15 is 0 Å². The molecule has 1 aromatic carbocycles. The summed E-state index contributed by atoms with van der Waals surface area (Å²) in [6.45, 7) is 2.40. The molecule has 3 nitrogen and oxygen atoms in total. The van der Waals surface area contributed by atoms with Crippen molar-refractivity contribution in [2.24, 2.45) is 0 Å². The minimum Gasteiger partial charge on any atom is -0.348 e.